The van der Waals surface area contributed by atoms with Gasteiger partial charge in [-0.2, -0.15) is 0 Å². The van der Waals surface area contributed by atoms with Crippen molar-refractivity contribution in [1.82, 2.24) is 14.9 Å². The van der Waals surface area contributed by atoms with Crippen LogP contribution in [-0.2, 0) is 9.59 Å². The predicted molar refractivity (Wildman–Crippen MR) is 77.8 cm³/mol. The number of carbonyl (C=O) groups is 2. The molecule has 1 saturated heterocycles. The van der Waals surface area contributed by atoms with Crippen molar-refractivity contribution in [2.24, 2.45) is 0 Å². The maximum atomic E-state index is 12.1. The Kier molecular flexibility index (Phi) is 4.87. The summed E-state index contributed by atoms with van der Waals surface area (Å²) in [6.07, 6.45) is 0. The quantitative estimate of drug-likeness (QED) is 0.660. The Morgan fingerprint density at radius 3 is 2.70 bits per heavy atom. The summed E-state index contributed by atoms with van der Waals surface area (Å²) in [5.74, 6) is -0.0885. The normalized spacial score (nSPS) is 18.3. The van der Waals surface area contributed by atoms with E-state index >= 15 is 0 Å². The molecule has 1 aromatic rings. The third-order valence-electron chi connectivity index (χ3n) is 2.77. The van der Waals surface area contributed by atoms with Crippen LogP contribution in [0.5, 0.6) is 0 Å². The van der Waals surface area contributed by atoms with Crippen LogP contribution in [0, 0.1) is 13.8 Å². The lowest BCUT2D eigenvalue weighted by Crippen LogP contribution is -2.42. The van der Waals surface area contributed by atoms with Crippen LogP contribution >= 0.6 is 23.5 Å². The molecule has 1 aliphatic heterocycles. The molecule has 1 fully saturated rings. The fourth-order valence-electron chi connectivity index (χ4n) is 1.86. The van der Waals surface area contributed by atoms with Gasteiger partial charge in [-0.15, -0.1) is 11.8 Å². The maximum absolute atomic E-state index is 12.1. The number of aryl methyl sites for hydroxylation is 2. The summed E-state index contributed by atoms with van der Waals surface area (Å²) in [5.41, 5.74) is 1.71. The molecule has 0 saturated carbocycles. The minimum absolute atomic E-state index is 0.160. The van der Waals surface area contributed by atoms with Gasteiger partial charge in [0, 0.05) is 17.1 Å². The predicted octanol–water partition coefficient (Wildman–Crippen LogP) is 1.17. The number of carboxylic acids is 1. The number of hydrogen-bond donors (Lipinski definition) is 1. The highest BCUT2D eigenvalue weighted by atomic mass is 32.2. The summed E-state index contributed by atoms with van der Waals surface area (Å²) in [4.78, 5) is 33.0. The van der Waals surface area contributed by atoms with Crippen LogP contribution in [0.15, 0.2) is 11.2 Å². The Morgan fingerprint density at radius 1 is 1.45 bits per heavy atom. The monoisotopic (exact) mass is 313 g/mol. The highest BCUT2D eigenvalue weighted by Crippen LogP contribution is 2.23. The van der Waals surface area contributed by atoms with Crippen molar-refractivity contribution in [2.75, 3.05) is 17.4 Å². The second-order valence-electron chi connectivity index (χ2n) is 4.44. The molecule has 20 heavy (non-hydrogen) atoms. The molecule has 8 heteroatoms. The van der Waals surface area contributed by atoms with E-state index in [1.165, 1.54) is 28.4 Å². The fourth-order valence-corrected chi connectivity index (χ4v) is 3.87. The van der Waals surface area contributed by atoms with Gasteiger partial charge in [0.25, 0.3) is 0 Å². The molecule has 0 bridgehead atoms. The summed E-state index contributed by atoms with van der Waals surface area (Å²) in [7, 11) is 0. The minimum atomic E-state index is -0.948. The second kappa shape index (κ2) is 6.45. The van der Waals surface area contributed by atoms with Crippen molar-refractivity contribution in [1.29, 1.82) is 0 Å². The van der Waals surface area contributed by atoms with Crippen molar-refractivity contribution in [3.63, 3.8) is 0 Å². The molecule has 2 rings (SSSR count). The number of aliphatic carboxylic acids is 1. The SMILES string of the molecule is Cc1cc(C)nc(SCC(=O)N2CSC[C@H]2C(=O)O)n1. The lowest BCUT2D eigenvalue weighted by molar-refractivity contribution is -0.146. The molecule has 2 heterocycles. The summed E-state index contributed by atoms with van der Waals surface area (Å²) >= 11 is 2.70. The first kappa shape index (κ1) is 15.1. The van der Waals surface area contributed by atoms with Crippen LogP contribution in [-0.4, -0.2) is 55.3 Å². The topological polar surface area (TPSA) is 83.4 Å². The summed E-state index contributed by atoms with van der Waals surface area (Å²) in [5, 5.41) is 9.60. The largest absolute Gasteiger partial charge is 0.480 e. The molecule has 0 unspecified atom stereocenters. The first-order valence-electron chi connectivity index (χ1n) is 6.02. The number of rotatable bonds is 4. The molecule has 108 valence electrons. The Balaban J connectivity index is 1.96. The fraction of sp³-hybridized carbons (Fsp3) is 0.500. The number of carbonyl (C=O) groups excluding carboxylic acids is 1. The highest BCUT2D eigenvalue weighted by molar-refractivity contribution is 8.00. The molecule has 6 nitrogen and oxygen atoms in total. The Labute approximate surface area is 125 Å². The summed E-state index contributed by atoms with van der Waals surface area (Å²) < 4.78 is 0. The van der Waals surface area contributed by atoms with Gasteiger partial charge in [-0.25, -0.2) is 14.8 Å². The number of carboxylic acid groups (broad SMARTS) is 1. The zero-order valence-corrected chi connectivity index (χ0v) is 12.8. The van der Waals surface area contributed by atoms with Crippen molar-refractivity contribution in [3.05, 3.63) is 17.5 Å². The molecular weight excluding hydrogens is 298 g/mol. The Bertz CT molecular complexity index is 518. The van der Waals surface area contributed by atoms with Crippen molar-refractivity contribution in [3.8, 4) is 0 Å². The van der Waals surface area contributed by atoms with E-state index in [1.807, 2.05) is 19.9 Å². The number of amides is 1. The van der Waals surface area contributed by atoms with E-state index in [0.29, 0.717) is 16.8 Å². The third kappa shape index (κ3) is 3.63. The van der Waals surface area contributed by atoms with Gasteiger partial charge in [0.1, 0.15) is 6.04 Å². The number of thioether (sulfide) groups is 2. The summed E-state index contributed by atoms with van der Waals surface area (Å²) in [6, 6.07) is 1.15. The zero-order valence-electron chi connectivity index (χ0n) is 11.2. The van der Waals surface area contributed by atoms with Crippen molar-refractivity contribution in [2.45, 2.75) is 25.0 Å². The number of hydrogen-bond acceptors (Lipinski definition) is 6. The van der Waals surface area contributed by atoms with Gasteiger partial charge in [-0.05, 0) is 19.9 Å². The number of nitrogens with zero attached hydrogens (tertiary/aromatic N) is 3. The Morgan fingerprint density at radius 2 is 2.10 bits per heavy atom. The maximum Gasteiger partial charge on any atom is 0.327 e. The van der Waals surface area contributed by atoms with Gasteiger partial charge in [-0.3, -0.25) is 4.79 Å². The summed E-state index contributed by atoms with van der Waals surface area (Å²) in [6.45, 7) is 3.75. The molecule has 0 spiro atoms. The van der Waals surface area contributed by atoms with Crippen LogP contribution in [0.1, 0.15) is 11.4 Å². The van der Waals surface area contributed by atoms with E-state index < -0.39 is 12.0 Å². The van der Waals surface area contributed by atoms with Crippen LogP contribution < -0.4 is 0 Å². The van der Waals surface area contributed by atoms with E-state index in [4.69, 9.17) is 5.11 Å². The van der Waals surface area contributed by atoms with Crippen LogP contribution in [0.3, 0.4) is 0 Å². The molecule has 1 aromatic heterocycles. The molecule has 1 atom stereocenters. The van der Waals surface area contributed by atoms with Crippen molar-refractivity contribution >= 4 is 35.4 Å². The van der Waals surface area contributed by atoms with E-state index in [2.05, 4.69) is 9.97 Å². The minimum Gasteiger partial charge on any atom is -0.480 e. The highest BCUT2D eigenvalue weighted by Gasteiger charge is 2.34. The third-order valence-corrected chi connectivity index (χ3v) is 4.62. The Hall–Kier alpha value is -1.28. The molecule has 1 aliphatic rings. The van der Waals surface area contributed by atoms with Gasteiger partial charge in [0.05, 0.1) is 11.6 Å². The molecule has 0 aliphatic carbocycles. The average Bonchev–Trinajstić information content (AvgIpc) is 2.84. The van der Waals surface area contributed by atoms with E-state index in [9.17, 15) is 9.59 Å². The molecule has 0 radical (unpaired) electrons. The zero-order chi connectivity index (χ0) is 14.7. The smallest absolute Gasteiger partial charge is 0.327 e. The average molecular weight is 313 g/mol. The lowest BCUT2D eigenvalue weighted by atomic mass is 10.3. The van der Waals surface area contributed by atoms with Crippen molar-refractivity contribution < 1.29 is 14.7 Å². The van der Waals surface area contributed by atoms with Gasteiger partial charge in [0.15, 0.2) is 5.16 Å². The first-order valence-corrected chi connectivity index (χ1v) is 8.16. The van der Waals surface area contributed by atoms with Gasteiger partial charge < -0.3 is 10.0 Å². The molecule has 0 aromatic carbocycles. The van der Waals surface area contributed by atoms with Gasteiger partial charge in [-0.1, -0.05) is 11.8 Å². The molecular formula is C12H15N3O3S2. The first-order chi connectivity index (χ1) is 9.47. The number of aromatic nitrogens is 2. The van der Waals surface area contributed by atoms with E-state index in [1.54, 1.807) is 0 Å². The van der Waals surface area contributed by atoms with Gasteiger partial charge in [0.2, 0.25) is 5.91 Å². The van der Waals surface area contributed by atoms with E-state index in [-0.39, 0.29) is 11.7 Å². The lowest BCUT2D eigenvalue weighted by Gasteiger charge is -2.19. The second-order valence-corrected chi connectivity index (χ2v) is 6.38. The van der Waals surface area contributed by atoms with E-state index in [0.717, 1.165) is 11.4 Å². The standard InChI is InChI=1S/C12H15N3O3S2/c1-7-3-8(2)14-12(13-7)20-5-10(16)15-6-19-4-9(15)11(17)18/h3,9H,4-6H2,1-2H3,(H,17,18)/t9-/m0/s1. The van der Waals surface area contributed by atoms with Crippen LogP contribution in [0.4, 0.5) is 0 Å². The molecule has 1 amide bonds. The molecule has 1 N–H and O–H groups in total. The van der Waals surface area contributed by atoms with Crippen LogP contribution in [0.2, 0.25) is 0 Å². The van der Waals surface area contributed by atoms with Crippen LogP contribution in [0.25, 0.3) is 0 Å². The van der Waals surface area contributed by atoms with Gasteiger partial charge >= 0.3 is 5.97 Å².